The maximum Gasteiger partial charge on any atom is 0.290 e. The maximum absolute atomic E-state index is 14.3. The minimum Gasteiger partial charge on any atom is -0.493 e. The molecule has 9 nitrogen and oxygen atoms in total. The van der Waals surface area contributed by atoms with Crippen molar-refractivity contribution in [1.29, 1.82) is 0 Å². The second-order valence-corrected chi connectivity index (χ2v) is 9.39. The van der Waals surface area contributed by atoms with E-state index >= 15 is 0 Å². The summed E-state index contributed by atoms with van der Waals surface area (Å²) in [6, 6.07) is 10.4. The summed E-state index contributed by atoms with van der Waals surface area (Å²) in [5.41, 5.74) is 1.94. The van der Waals surface area contributed by atoms with Gasteiger partial charge in [-0.2, -0.15) is 10.1 Å². The molecular formula is C28H29FN6O3. The van der Waals surface area contributed by atoms with E-state index in [0.29, 0.717) is 37.2 Å². The lowest BCUT2D eigenvalue weighted by Gasteiger charge is -2.22. The van der Waals surface area contributed by atoms with Crippen LogP contribution in [0.25, 0.3) is 17.2 Å². The van der Waals surface area contributed by atoms with E-state index in [-0.39, 0.29) is 24.0 Å². The van der Waals surface area contributed by atoms with Gasteiger partial charge in [-0.25, -0.2) is 4.39 Å². The molecule has 0 aliphatic carbocycles. The van der Waals surface area contributed by atoms with Crippen LogP contribution in [0.4, 0.5) is 4.39 Å². The molecule has 1 aliphatic rings. The van der Waals surface area contributed by atoms with E-state index in [4.69, 9.17) is 0 Å². The molecule has 1 aromatic carbocycles. The Kier molecular flexibility index (Phi) is 6.79. The molecule has 0 spiro atoms. The van der Waals surface area contributed by atoms with E-state index in [1.165, 1.54) is 27.8 Å². The molecule has 4 heterocycles. The highest BCUT2D eigenvalue weighted by atomic mass is 19.1. The van der Waals surface area contributed by atoms with Crippen LogP contribution in [0.1, 0.15) is 53.4 Å². The first-order valence-electron chi connectivity index (χ1n) is 12.7. The standard InChI is InChI=1S/C28H29FN6O3/c1-4-17-8-6-9-18(5-2)24(17)35-25(21-12-14-33(3)32-21)31-26(36)22(28(35)38)27(37)34-15-11-19(16-34)23-20(29)10-7-13-30-23/h6-10,12-14,19,38H,4-5,11,15-16H2,1-3H3. The Hall–Kier alpha value is -4.34. The van der Waals surface area contributed by atoms with Gasteiger partial charge in [0, 0.05) is 38.4 Å². The SMILES string of the molecule is CCc1cccc(CC)c1-n1c(-c2ccn(C)n2)nc(=O)c(C(=O)N2CCC(c3ncccc3F)C2)c1O. The number of benzene rings is 1. The number of amides is 1. The largest absolute Gasteiger partial charge is 0.493 e. The number of para-hydroxylation sites is 1. The van der Waals surface area contributed by atoms with Crippen LogP contribution >= 0.6 is 0 Å². The van der Waals surface area contributed by atoms with E-state index in [1.54, 1.807) is 24.0 Å². The molecule has 1 unspecified atom stereocenters. The van der Waals surface area contributed by atoms with Crippen molar-refractivity contribution in [3.63, 3.8) is 0 Å². The Balaban J connectivity index is 1.65. The van der Waals surface area contributed by atoms with Gasteiger partial charge in [0.25, 0.3) is 11.5 Å². The average molecular weight is 517 g/mol. The van der Waals surface area contributed by atoms with Crippen molar-refractivity contribution < 1.29 is 14.3 Å². The molecule has 1 aliphatic heterocycles. The highest BCUT2D eigenvalue weighted by molar-refractivity contribution is 5.96. The number of aromatic hydroxyl groups is 1. The van der Waals surface area contributed by atoms with Crippen molar-refractivity contribution >= 4 is 5.91 Å². The predicted octanol–water partition coefficient (Wildman–Crippen LogP) is 3.63. The number of likely N-dealkylation sites (tertiary alicyclic amines) is 1. The van der Waals surface area contributed by atoms with Gasteiger partial charge in [-0.05, 0) is 48.6 Å². The zero-order valence-electron chi connectivity index (χ0n) is 21.6. The molecular weight excluding hydrogens is 487 g/mol. The number of aryl methyl sites for hydroxylation is 3. The van der Waals surface area contributed by atoms with Crippen LogP contribution in [0.3, 0.4) is 0 Å². The molecule has 1 atom stereocenters. The Bertz CT molecular complexity index is 1560. The van der Waals surface area contributed by atoms with E-state index < -0.39 is 28.7 Å². The Morgan fingerprint density at radius 2 is 1.87 bits per heavy atom. The Morgan fingerprint density at radius 3 is 2.50 bits per heavy atom. The summed E-state index contributed by atoms with van der Waals surface area (Å²) in [7, 11) is 1.75. The number of carbonyl (C=O) groups excluding carboxylic acids is 1. The summed E-state index contributed by atoms with van der Waals surface area (Å²) in [6.07, 6.45) is 5.04. The first-order valence-corrected chi connectivity index (χ1v) is 12.7. The summed E-state index contributed by atoms with van der Waals surface area (Å²) in [5.74, 6) is -1.72. The number of hydrogen-bond donors (Lipinski definition) is 1. The first kappa shape index (κ1) is 25.3. The molecule has 0 bridgehead atoms. The van der Waals surface area contributed by atoms with Gasteiger partial charge in [0.05, 0.1) is 11.4 Å². The number of nitrogens with zero attached hydrogens (tertiary/aromatic N) is 6. The van der Waals surface area contributed by atoms with Gasteiger partial charge in [-0.1, -0.05) is 32.0 Å². The molecule has 5 rings (SSSR count). The molecule has 3 aromatic heterocycles. The van der Waals surface area contributed by atoms with Gasteiger partial charge in [0.1, 0.15) is 11.5 Å². The van der Waals surface area contributed by atoms with Crippen LogP contribution in [0.2, 0.25) is 0 Å². The molecule has 10 heteroatoms. The molecule has 0 radical (unpaired) electrons. The second kappa shape index (κ2) is 10.2. The lowest BCUT2D eigenvalue weighted by molar-refractivity contribution is 0.0784. The Morgan fingerprint density at radius 1 is 1.13 bits per heavy atom. The number of rotatable bonds is 6. The molecule has 196 valence electrons. The van der Waals surface area contributed by atoms with Gasteiger partial charge in [-0.15, -0.1) is 0 Å². The molecule has 1 amide bonds. The Labute approximate surface area is 219 Å². The number of hydrogen-bond acceptors (Lipinski definition) is 6. The quantitative estimate of drug-likeness (QED) is 0.420. The summed E-state index contributed by atoms with van der Waals surface area (Å²) in [6.45, 7) is 4.48. The smallest absolute Gasteiger partial charge is 0.290 e. The van der Waals surface area contributed by atoms with Gasteiger partial charge in [0.2, 0.25) is 5.88 Å². The van der Waals surface area contributed by atoms with Crippen LogP contribution < -0.4 is 5.56 Å². The summed E-state index contributed by atoms with van der Waals surface area (Å²) >= 11 is 0. The predicted molar refractivity (Wildman–Crippen MR) is 140 cm³/mol. The minimum absolute atomic E-state index is 0.148. The van der Waals surface area contributed by atoms with Crippen LogP contribution in [-0.4, -0.2) is 53.3 Å². The molecule has 1 fully saturated rings. The minimum atomic E-state index is -0.844. The zero-order chi connectivity index (χ0) is 27.0. The number of pyridine rings is 1. The zero-order valence-corrected chi connectivity index (χ0v) is 21.6. The monoisotopic (exact) mass is 516 g/mol. The maximum atomic E-state index is 14.3. The van der Waals surface area contributed by atoms with Crippen molar-refractivity contribution in [2.24, 2.45) is 7.05 Å². The molecule has 4 aromatic rings. The van der Waals surface area contributed by atoms with Crippen LogP contribution in [0, 0.1) is 5.82 Å². The number of carbonyl (C=O) groups is 1. The summed E-state index contributed by atoms with van der Waals surface area (Å²) < 4.78 is 17.4. The highest BCUT2D eigenvalue weighted by Gasteiger charge is 2.35. The topological polar surface area (TPSA) is 106 Å². The van der Waals surface area contributed by atoms with E-state index in [0.717, 1.165) is 11.1 Å². The van der Waals surface area contributed by atoms with Gasteiger partial charge in [-0.3, -0.25) is 23.8 Å². The number of halogens is 1. The third-order valence-corrected chi connectivity index (χ3v) is 7.06. The lowest BCUT2D eigenvalue weighted by atomic mass is 10.0. The normalized spacial score (nSPS) is 15.3. The van der Waals surface area contributed by atoms with Gasteiger partial charge in [0.15, 0.2) is 11.4 Å². The van der Waals surface area contributed by atoms with Crippen molar-refractivity contribution in [3.05, 3.63) is 87.3 Å². The second-order valence-electron chi connectivity index (χ2n) is 9.39. The van der Waals surface area contributed by atoms with Gasteiger partial charge >= 0.3 is 0 Å². The van der Waals surface area contributed by atoms with Crippen LogP contribution in [0.5, 0.6) is 5.88 Å². The lowest BCUT2D eigenvalue weighted by Crippen LogP contribution is -2.34. The molecule has 1 N–H and O–H groups in total. The van der Waals surface area contributed by atoms with Crippen LogP contribution in [0.15, 0.2) is 53.6 Å². The number of aromatic nitrogens is 5. The molecule has 1 saturated heterocycles. The fourth-order valence-electron chi connectivity index (χ4n) is 5.14. The van der Waals surface area contributed by atoms with Crippen LogP contribution in [-0.2, 0) is 19.9 Å². The van der Waals surface area contributed by atoms with E-state index in [9.17, 15) is 19.1 Å². The fraction of sp³-hybridized carbons (Fsp3) is 0.321. The van der Waals surface area contributed by atoms with Crippen molar-refractivity contribution in [3.8, 4) is 23.1 Å². The van der Waals surface area contributed by atoms with Crippen molar-refractivity contribution in [1.82, 2.24) is 29.2 Å². The molecule has 38 heavy (non-hydrogen) atoms. The van der Waals surface area contributed by atoms with Gasteiger partial charge < -0.3 is 10.0 Å². The van der Waals surface area contributed by atoms with E-state index in [2.05, 4.69) is 15.1 Å². The summed E-state index contributed by atoms with van der Waals surface area (Å²) in [4.78, 5) is 36.9. The van der Waals surface area contributed by atoms with Crippen molar-refractivity contribution in [2.45, 2.75) is 39.0 Å². The first-order chi connectivity index (χ1) is 18.3. The highest BCUT2D eigenvalue weighted by Crippen LogP contribution is 2.34. The summed E-state index contributed by atoms with van der Waals surface area (Å²) in [5, 5.41) is 16.0. The molecule has 0 saturated carbocycles. The average Bonchev–Trinajstić information content (AvgIpc) is 3.58. The van der Waals surface area contributed by atoms with E-state index in [1.807, 2.05) is 32.0 Å². The third kappa shape index (κ3) is 4.36. The third-order valence-electron chi connectivity index (χ3n) is 7.06. The van der Waals surface area contributed by atoms with Crippen molar-refractivity contribution in [2.75, 3.05) is 13.1 Å². The fourth-order valence-corrected chi connectivity index (χ4v) is 5.14.